The Bertz CT molecular complexity index is 345. The molecule has 0 aliphatic heterocycles. The van der Waals surface area contributed by atoms with Crippen LogP contribution in [0.2, 0.25) is 0 Å². The lowest BCUT2D eigenvalue weighted by atomic mass is 10.2. The molecule has 1 N–H and O–H groups in total. The fourth-order valence-corrected chi connectivity index (χ4v) is 1.54. The van der Waals surface area contributed by atoms with Crippen LogP contribution in [-0.4, -0.2) is 19.8 Å². The summed E-state index contributed by atoms with van der Waals surface area (Å²) in [5, 5.41) is 3.46. The van der Waals surface area contributed by atoms with Crippen LogP contribution in [0, 0.1) is 0 Å². The SMILES string of the molecule is CCOc1cc(CNC(C)CC)ccc1OC.Cl. The van der Waals surface area contributed by atoms with Crippen molar-refractivity contribution < 1.29 is 9.47 Å². The minimum absolute atomic E-state index is 0. The molecule has 0 amide bonds. The quantitative estimate of drug-likeness (QED) is 0.826. The van der Waals surface area contributed by atoms with Crippen molar-refractivity contribution in [1.82, 2.24) is 5.32 Å². The summed E-state index contributed by atoms with van der Waals surface area (Å²) in [7, 11) is 1.66. The van der Waals surface area contributed by atoms with Gasteiger partial charge in [-0.05, 0) is 38.0 Å². The largest absolute Gasteiger partial charge is 0.493 e. The van der Waals surface area contributed by atoms with Gasteiger partial charge < -0.3 is 14.8 Å². The second-order valence-corrected chi connectivity index (χ2v) is 4.11. The maximum atomic E-state index is 5.55. The van der Waals surface area contributed by atoms with Gasteiger partial charge in [-0.15, -0.1) is 12.4 Å². The number of hydrogen-bond donors (Lipinski definition) is 1. The smallest absolute Gasteiger partial charge is 0.161 e. The van der Waals surface area contributed by atoms with Crippen molar-refractivity contribution in [3.05, 3.63) is 23.8 Å². The summed E-state index contributed by atoms with van der Waals surface area (Å²) in [6, 6.07) is 6.60. The molecule has 4 heteroatoms. The van der Waals surface area contributed by atoms with Gasteiger partial charge in [0.2, 0.25) is 0 Å². The zero-order chi connectivity index (χ0) is 12.7. The van der Waals surface area contributed by atoms with E-state index in [1.54, 1.807) is 7.11 Å². The van der Waals surface area contributed by atoms with Crippen molar-refractivity contribution in [2.24, 2.45) is 0 Å². The number of nitrogens with one attached hydrogen (secondary N) is 1. The minimum atomic E-state index is 0. The Hall–Kier alpha value is -0.930. The first-order valence-electron chi connectivity index (χ1n) is 6.24. The van der Waals surface area contributed by atoms with Gasteiger partial charge in [0.15, 0.2) is 11.5 Å². The minimum Gasteiger partial charge on any atom is -0.493 e. The zero-order valence-electron chi connectivity index (χ0n) is 11.7. The van der Waals surface area contributed by atoms with Crippen LogP contribution in [0.3, 0.4) is 0 Å². The van der Waals surface area contributed by atoms with E-state index in [-0.39, 0.29) is 12.4 Å². The van der Waals surface area contributed by atoms with Crippen molar-refractivity contribution in [3.8, 4) is 11.5 Å². The molecule has 0 fully saturated rings. The maximum Gasteiger partial charge on any atom is 0.161 e. The molecule has 1 rings (SSSR count). The van der Waals surface area contributed by atoms with Crippen molar-refractivity contribution in [3.63, 3.8) is 0 Å². The third-order valence-electron chi connectivity index (χ3n) is 2.79. The Kier molecular flexibility index (Phi) is 8.59. The first-order chi connectivity index (χ1) is 8.21. The lowest BCUT2D eigenvalue weighted by Crippen LogP contribution is -2.24. The van der Waals surface area contributed by atoms with Crippen LogP contribution in [0.25, 0.3) is 0 Å². The van der Waals surface area contributed by atoms with Gasteiger partial charge in [0.25, 0.3) is 0 Å². The first kappa shape index (κ1) is 17.1. The van der Waals surface area contributed by atoms with Crippen molar-refractivity contribution in [2.45, 2.75) is 39.8 Å². The van der Waals surface area contributed by atoms with Gasteiger partial charge in [0, 0.05) is 12.6 Å². The van der Waals surface area contributed by atoms with Gasteiger partial charge in [-0.1, -0.05) is 13.0 Å². The molecule has 0 saturated carbocycles. The van der Waals surface area contributed by atoms with Gasteiger partial charge in [0.05, 0.1) is 13.7 Å². The zero-order valence-corrected chi connectivity index (χ0v) is 12.5. The topological polar surface area (TPSA) is 30.5 Å². The molecule has 1 aromatic rings. The Balaban J connectivity index is 0.00000289. The average Bonchev–Trinajstić information content (AvgIpc) is 2.36. The number of halogens is 1. The van der Waals surface area contributed by atoms with Crippen LogP contribution < -0.4 is 14.8 Å². The summed E-state index contributed by atoms with van der Waals surface area (Å²) >= 11 is 0. The third kappa shape index (κ3) is 5.15. The summed E-state index contributed by atoms with van der Waals surface area (Å²) in [5.74, 6) is 1.61. The van der Waals surface area contributed by atoms with E-state index in [9.17, 15) is 0 Å². The Labute approximate surface area is 116 Å². The average molecular weight is 274 g/mol. The van der Waals surface area contributed by atoms with E-state index in [4.69, 9.17) is 9.47 Å². The number of rotatable bonds is 7. The van der Waals surface area contributed by atoms with Crippen LogP contribution in [0.4, 0.5) is 0 Å². The van der Waals surface area contributed by atoms with E-state index < -0.39 is 0 Å². The van der Waals surface area contributed by atoms with E-state index >= 15 is 0 Å². The molecule has 1 unspecified atom stereocenters. The molecule has 0 radical (unpaired) electrons. The summed E-state index contributed by atoms with van der Waals surface area (Å²) in [5.41, 5.74) is 1.22. The summed E-state index contributed by atoms with van der Waals surface area (Å²) < 4.78 is 10.8. The van der Waals surface area contributed by atoms with E-state index in [2.05, 4.69) is 25.2 Å². The van der Waals surface area contributed by atoms with Gasteiger partial charge in [0.1, 0.15) is 0 Å². The third-order valence-corrected chi connectivity index (χ3v) is 2.79. The Morgan fingerprint density at radius 3 is 2.50 bits per heavy atom. The second kappa shape index (κ2) is 9.06. The summed E-state index contributed by atoms with van der Waals surface area (Å²) in [4.78, 5) is 0. The van der Waals surface area contributed by atoms with Gasteiger partial charge >= 0.3 is 0 Å². The Morgan fingerprint density at radius 1 is 1.22 bits per heavy atom. The van der Waals surface area contributed by atoms with E-state index in [1.807, 2.05) is 19.1 Å². The van der Waals surface area contributed by atoms with Crippen LogP contribution in [0.1, 0.15) is 32.8 Å². The molecule has 18 heavy (non-hydrogen) atoms. The molecule has 0 bridgehead atoms. The monoisotopic (exact) mass is 273 g/mol. The molecule has 1 aromatic carbocycles. The predicted octanol–water partition coefficient (Wildman–Crippen LogP) is 3.40. The molecule has 0 spiro atoms. The van der Waals surface area contributed by atoms with Crippen molar-refractivity contribution >= 4 is 12.4 Å². The van der Waals surface area contributed by atoms with E-state index in [0.717, 1.165) is 24.5 Å². The maximum absolute atomic E-state index is 5.55. The second-order valence-electron chi connectivity index (χ2n) is 4.11. The fraction of sp³-hybridized carbons (Fsp3) is 0.571. The molecule has 0 aliphatic carbocycles. The van der Waals surface area contributed by atoms with Gasteiger partial charge in [-0.25, -0.2) is 0 Å². The number of hydrogen-bond acceptors (Lipinski definition) is 3. The first-order valence-corrected chi connectivity index (χ1v) is 6.24. The van der Waals surface area contributed by atoms with E-state index in [1.165, 1.54) is 5.56 Å². The number of methoxy groups -OCH3 is 1. The highest BCUT2D eigenvalue weighted by Crippen LogP contribution is 2.27. The molecule has 0 aromatic heterocycles. The van der Waals surface area contributed by atoms with E-state index in [0.29, 0.717) is 12.6 Å². The molecule has 3 nitrogen and oxygen atoms in total. The summed E-state index contributed by atoms with van der Waals surface area (Å²) in [6.07, 6.45) is 1.13. The number of ether oxygens (including phenoxy) is 2. The van der Waals surface area contributed by atoms with Crippen LogP contribution >= 0.6 is 12.4 Å². The number of benzene rings is 1. The van der Waals surface area contributed by atoms with Crippen LogP contribution in [-0.2, 0) is 6.54 Å². The molecule has 0 heterocycles. The standard InChI is InChI=1S/C14H23NO2.ClH/c1-5-11(3)15-10-12-7-8-13(16-4)14(9-12)17-6-2;/h7-9,11,15H,5-6,10H2,1-4H3;1H. The highest BCUT2D eigenvalue weighted by atomic mass is 35.5. The molecule has 1 atom stereocenters. The van der Waals surface area contributed by atoms with Crippen molar-refractivity contribution in [2.75, 3.05) is 13.7 Å². The van der Waals surface area contributed by atoms with Gasteiger partial charge in [-0.2, -0.15) is 0 Å². The van der Waals surface area contributed by atoms with Crippen LogP contribution in [0.15, 0.2) is 18.2 Å². The molecule has 104 valence electrons. The molecular formula is C14H24ClNO2. The lowest BCUT2D eigenvalue weighted by Gasteiger charge is -2.14. The molecule has 0 aliphatic rings. The highest BCUT2D eigenvalue weighted by molar-refractivity contribution is 5.85. The molecular weight excluding hydrogens is 250 g/mol. The predicted molar refractivity (Wildman–Crippen MR) is 78.0 cm³/mol. The lowest BCUT2D eigenvalue weighted by molar-refractivity contribution is 0.310. The summed E-state index contributed by atoms with van der Waals surface area (Å²) in [6.45, 7) is 7.85. The molecule has 0 saturated heterocycles. The normalized spacial score (nSPS) is 11.6. The fourth-order valence-electron chi connectivity index (χ4n) is 1.54. The van der Waals surface area contributed by atoms with Crippen molar-refractivity contribution in [1.29, 1.82) is 0 Å². The highest BCUT2D eigenvalue weighted by Gasteiger charge is 2.05. The van der Waals surface area contributed by atoms with Crippen LogP contribution in [0.5, 0.6) is 11.5 Å². The Morgan fingerprint density at radius 2 is 1.94 bits per heavy atom. The van der Waals surface area contributed by atoms with Gasteiger partial charge in [-0.3, -0.25) is 0 Å².